The van der Waals surface area contributed by atoms with E-state index in [4.69, 9.17) is 5.26 Å². The molecule has 0 unspecified atom stereocenters. The van der Waals surface area contributed by atoms with Crippen LogP contribution in [0.4, 0.5) is 5.69 Å². The highest BCUT2D eigenvalue weighted by Crippen LogP contribution is 2.18. The molecule has 21 heavy (non-hydrogen) atoms. The molecule has 1 aromatic carbocycles. The fourth-order valence-electron chi connectivity index (χ4n) is 1.89. The van der Waals surface area contributed by atoms with E-state index in [1.807, 2.05) is 50.4 Å². The van der Waals surface area contributed by atoms with Crippen molar-refractivity contribution in [3.05, 3.63) is 51.0 Å². The summed E-state index contributed by atoms with van der Waals surface area (Å²) in [6.45, 7) is 5.79. The van der Waals surface area contributed by atoms with Gasteiger partial charge in [0.25, 0.3) is 5.91 Å². The van der Waals surface area contributed by atoms with Crippen molar-refractivity contribution in [1.82, 2.24) is 4.98 Å². The van der Waals surface area contributed by atoms with E-state index >= 15 is 0 Å². The first-order chi connectivity index (χ1) is 9.99. The largest absolute Gasteiger partial charge is 0.321 e. The lowest BCUT2D eigenvalue weighted by atomic mass is 10.1. The number of aryl methyl sites for hydroxylation is 3. The van der Waals surface area contributed by atoms with Gasteiger partial charge in [-0.25, -0.2) is 4.98 Å². The van der Waals surface area contributed by atoms with Crippen molar-refractivity contribution in [2.75, 3.05) is 5.32 Å². The Morgan fingerprint density at radius 3 is 2.71 bits per heavy atom. The number of hydrogen-bond donors (Lipinski definition) is 1. The third kappa shape index (κ3) is 3.77. The van der Waals surface area contributed by atoms with Crippen LogP contribution in [0, 0.1) is 32.1 Å². The van der Waals surface area contributed by atoms with E-state index in [2.05, 4.69) is 10.3 Å². The highest BCUT2D eigenvalue weighted by atomic mass is 32.1. The number of nitrogens with one attached hydrogen (secondary N) is 1. The first kappa shape index (κ1) is 14.9. The highest BCUT2D eigenvalue weighted by molar-refractivity contribution is 7.09. The summed E-state index contributed by atoms with van der Waals surface area (Å²) < 4.78 is 0. The number of benzene rings is 1. The van der Waals surface area contributed by atoms with E-state index in [9.17, 15) is 4.79 Å². The van der Waals surface area contributed by atoms with Gasteiger partial charge in [-0.2, -0.15) is 5.26 Å². The van der Waals surface area contributed by atoms with Crippen LogP contribution in [0.25, 0.3) is 6.08 Å². The molecule has 1 heterocycles. The lowest BCUT2D eigenvalue weighted by molar-refractivity contribution is -0.112. The molecular formula is C16H15N3OS. The minimum absolute atomic E-state index is 0.0419. The van der Waals surface area contributed by atoms with Gasteiger partial charge in [0.05, 0.1) is 10.7 Å². The quantitative estimate of drug-likeness (QED) is 0.695. The molecule has 1 amide bonds. The monoisotopic (exact) mass is 297 g/mol. The summed E-state index contributed by atoms with van der Waals surface area (Å²) in [5.41, 5.74) is 3.47. The number of hydrogen-bond acceptors (Lipinski definition) is 4. The van der Waals surface area contributed by atoms with Crippen LogP contribution in [-0.4, -0.2) is 10.9 Å². The van der Waals surface area contributed by atoms with Gasteiger partial charge in [0.1, 0.15) is 11.6 Å². The van der Waals surface area contributed by atoms with Crippen molar-refractivity contribution < 1.29 is 4.79 Å². The number of carbonyl (C=O) groups excluding carboxylic acids is 1. The van der Waals surface area contributed by atoms with Gasteiger partial charge < -0.3 is 5.32 Å². The molecule has 4 nitrogen and oxygen atoms in total. The minimum atomic E-state index is -0.421. The van der Waals surface area contributed by atoms with E-state index in [1.54, 1.807) is 0 Å². The second-order valence-electron chi connectivity index (χ2n) is 4.73. The molecule has 1 aromatic heterocycles. The number of anilines is 1. The molecule has 1 N–H and O–H groups in total. The zero-order valence-corrected chi connectivity index (χ0v) is 12.9. The summed E-state index contributed by atoms with van der Waals surface area (Å²) in [6, 6.07) is 7.66. The van der Waals surface area contributed by atoms with Gasteiger partial charge in [-0.3, -0.25) is 4.79 Å². The standard InChI is InChI=1S/C16H15N3OS/c1-10-4-5-15(11(2)6-10)19-16(20)13(8-17)7-14-9-21-12(3)18-14/h4-7,9H,1-3H3,(H,19,20)/b13-7+. The van der Waals surface area contributed by atoms with Crippen LogP contribution in [-0.2, 0) is 4.79 Å². The molecule has 0 aliphatic carbocycles. The Bertz CT molecular complexity index is 753. The van der Waals surface area contributed by atoms with Crippen molar-refractivity contribution in [2.24, 2.45) is 0 Å². The average Bonchev–Trinajstić information content (AvgIpc) is 2.84. The van der Waals surface area contributed by atoms with Gasteiger partial charge >= 0.3 is 0 Å². The molecule has 0 radical (unpaired) electrons. The molecule has 5 heteroatoms. The van der Waals surface area contributed by atoms with Crippen molar-refractivity contribution in [1.29, 1.82) is 5.26 Å². The number of thiazole rings is 1. The lowest BCUT2D eigenvalue weighted by Crippen LogP contribution is -2.14. The maximum Gasteiger partial charge on any atom is 0.266 e. The van der Waals surface area contributed by atoms with Gasteiger partial charge in [0.2, 0.25) is 0 Å². The van der Waals surface area contributed by atoms with Crippen LogP contribution in [0.5, 0.6) is 0 Å². The number of carbonyl (C=O) groups is 1. The van der Waals surface area contributed by atoms with Crippen LogP contribution in [0.1, 0.15) is 21.8 Å². The van der Waals surface area contributed by atoms with Crippen LogP contribution >= 0.6 is 11.3 Å². The summed E-state index contributed by atoms with van der Waals surface area (Å²) in [6.07, 6.45) is 1.50. The Morgan fingerprint density at radius 2 is 2.14 bits per heavy atom. The van der Waals surface area contributed by atoms with E-state index in [1.165, 1.54) is 17.4 Å². The predicted molar refractivity (Wildman–Crippen MR) is 85.0 cm³/mol. The van der Waals surface area contributed by atoms with Crippen molar-refractivity contribution in [3.8, 4) is 6.07 Å². The molecule has 0 aliphatic heterocycles. The zero-order valence-electron chi connectivity index (χ0n) is 12.1. The summed E-state index contributed by atoms with van der Waals surface area (Å²) in [5.74, 6) is -0.421. The molecule has 0 bridgehead atoms. The highest BCUT2D eigenvalue weighted by Gasteiger charge is 2.11. The van der Waals surface area contributed by atoms with E-state index in [0.717, 1.165) is 16.1 Å². The fraction of sp³-hybridized carbons (Fsp3) is 0.188. The molecule has 2 aromatic rings. The van der Waals surface area contributed by atoms with Crippen molar-refractivity contribution >= 4 is 29.0 Å². The maximum atomic E-state index is 12.2. The van der Waals surface area contributed by atoms with Crippen LogP contribution in [0.2, 0.25) is 0 Å². The predicted octanol–water partition coefficient (Wildman–Crippen LogP) is 3.61. The Balaban J connectivity index is 2.21. The minimum Gasteiger partial charge on any atom is -0.321 e. The number of rotatable bonds is 3. The van der Waals surface area contributed by atoms with Gasteiger partial charge in [-0.15, -0.1) is 11.3 Å². The van der Waals surface area contributed by atoms with Crippen molar-refractivity contribution in [3.63, 3.8) is 0 Å². The molecule has 106 valence electrons. The average molecular weight is 297 g/mol. The maximum absolute atomic E-state index is 12.2. The Labute approximate surface area is 127 Å². The molecule has 0 fully saturated rings. The summed E-state index contributed by atoms with van der Waals surface area (Å²) >= 11 is 1.48. The van der Waals surface area contributed by atoms with Crippen LogP contribution in [0.15, 0.2) is 29.2 Å². The van der Waals surface area contributed by atoms with E-state index in [0.29, 0.717) is 11.4 Å². The zero-order chi connectivity index (χ0) is 15.4. The molecule has 2 rings (SSSR count). The molecule has 0 saturated heterocycles. The van der Waals surface area contributed by atoms with Gasteiger partial charge in [-0.1, -0.05) is 17.7 Å². The first-order valence-corrected chi connectivity index (χ1v) is 7.30. The third-order valence-electron chi connectivity index (χ3n) is 2.92. The first-order valence-electron chi connectivity index (χ1n) is 6.42. The molecular weight excluding hydrogens is 282 g/mol. The number of aromatic nitrogens is 1. The summed E-state index contributed by atoms with van der Waals surface area (Å²) in [4.78, 5) is 16.4. The summed E-state index contributed by atoms with van der Waals surface area (Å²) in [7, 11) is 0. The van der Waals surface area contributed by atoms with Crippen LogP contribution < -0.4 is 5.32 Å². The Hall–Kier alpha value is -2.45. The molecule has 0 spiro atoms. The second kappa shape index (κ2) is 6.33. The topological polar surface area (TPSA) is 65.8 Å². The lowest BCUT2D eigenvalue weighted by Gasteiger charge is -2.08. The van der Waals surface area contributed by atoms with E-state index < -0.39 is 5.91 Å². The second-order valence-corrected chi connectivity index (χ2v) is 5.80. The summed E-state index contributed by atoms with van der Waals surface area (Å²) in [5, 5.41) is 14.6. The van der Waals surface area contributed by atoms with Gasteiger partial charge in [-0.05, 0) is 38.5 Å². The smallest absolute Gasteiger partial charge is 0.266 e. The third-order valence-corrected chi connectivity index (χ3v) is 3.72. The Morgan fingerprint density at radius 1 is 1.38 bits per heavy atom. The van der Waals surface area contributed by atoms with Crippen LogP contribution in [0.3, 0.4) is 0 Å². The number of nitriles is 1. The molecule has 0 aliphatic rings. The van der Waals surface area contributed by atoms with Gasteiger partial charge in [0, 0.05) is 11.1 Å². The van der Waals surface area contributed by atoms with E-state index in [-0.39, 0.29) is 5.57 Å². The number of nitrogens with zero attached hydrogens (tertiary/aromatic N) is 2. The Kier molecular flexibility index (Phi) is 4.51. The normalized spacial score (nSPS) is 11.0. The molecule has 0 saturated carbocycles. The van der Waals surface area contributed by atoms with Gasteiger partial charge in [0.15, 0.2) is 0 Å². The number of amides is 1. The van der Waals surface area contributed by atoms with Crippen molar-refractivity contribution in [2.45, 2.75) is 20.8 Å². The fourth-order valence-corrected chi connectivity index (χ4v) is 2.46. The SMILES string of the molecule is Cc1ccc(NC(=O)/C(C#N)=C/c2csc(C)n2)c(C)c1. The molecule has 0 atom stereocenters.